The summed E-state index contributed by atoms with van der Waals surface area (Å²) in [6.45, 7) is 0. The van der Waals surface area contributed by atoms with Crippen LogP contribution in [0.3, 0.4) is 0 Å². The number of amides is 1. The van der Waals surface area contributed by atoms with Crippen molar-refractivity contribution in [2.24, 2.45) is 0 Å². The van der Waals surface area contributed by atoms with Crippen molar-refractivity contribution in [1.29, 1.82) is 0 Å². The van der Waals surface area contributed by atoms with Gasteiger partial charge in [0.05, 0.1) is 5.69 Å². The molecule has 24 heavy (non-hydrogen) atoms. The molecule has 2 heterocycles. The quantitative estimate of drug-likeness (QED) is 0.888. The summed E-state index contributed by atoms with van der Waals surface area (Å²) >= 11 is 0. The van der Waals surface area contributed by atoms with Crippen LogP contribution in [0.4, 0.5) is 18.9 Å². The van der Waals surface area contributed by atoms with Crippen LogP contribution < -0.4 is 15.8 Å². The van der Waals surface area contributed by atoms with E-state index in [1.807, 2.05) is 18.2 Å². The Morgan fingerprint density at radius 1 is 1.17 bits per heavy atom. The molecule has 1 amide bonds. The van der Waals surface area contributed by atoms with E-state index in [-0.39, 0.29) is 24.4 Å². The van der Waals surface area contributed by atoms with E-state index in [0.29, 0.717) is 18.5 Å². The number of halogens is 3. The number of para-hydroxylation sites is 1. The minimum atomic E-state index is -4.28. The Morgan fingerprint density at radius 3 is 2.62 bits per heavy atom. The smallest absolute Gasteiger partial charge is 0.353 e. The standard InChI is InChI=1S/C17H22F3N3O/c18-17(19,20)15-11-14(10-12-6-4-5-9-16(24)21-12)23(22-15)13-7-2-1-3-8-13/h1-3,7-8,12,14-15,22H,4-6,9-11H2,(H,21,24). The molecule has 3 rings (SSSR count). The molecule has 0 aromatic heterocycles. The first-order valence-corrected chi connectivity index (χ1v) is 8.40. The number of rotatable bonds is 3. The lowest BCUT2D eigenvalue weighted by Crippen LogP contribution is -2.46. The molecule has 1 aromatic rings. The van der Waals surface area contributed by atoms with Crippen molar-refractivity contribution in [2.75, 3.05) is 5.01 Å². The van der Waals surface area contributed by atoms with Crippen LogP contribution in [-0.2, 0) is 4.79 Å². The number of nitrogens with zero attached hydrogens (tertiary/aromatic N) is 1. The molecular weight excluding hydrogens is 319 g/mol. The van der Waals surface area contributed by atoms with Crippen molar-refractivity contribution in [1.82, 2.24) is 10.7 Å². The van der Waals surface area contributed by atoms with Gasteiger partial charge in [-0.2, -0.15) is 13.2 Å². The Morgan fingerprint density at radius 2 is 1.92 bits per heavy atom. The first-order chi connectivity index (χ1) is 11.4. The van der Waals surface area contributed by atoms with Gasteiger partial charge in [0.2, 0.25) is 5.91 Å². The van der Waals surface area contributed by atoms with Crippen LogP contribution in [0, 0.1) is 0 Å². The second-order valence-corrected chi connectivity index (χ2v) is 6.56. The number of hydrogen-bond donors (Lipinski definition) is 2. The minimum Gasteiger partial charge on any atom is -0.353 e. The lowest BCUT2D eigenvalue weighted by atomic mass is 9.98. The number of hydrazine groups is 1. The summed E-state index contributed by atoms with van der Waals surface area (Å²) < 4.78 is 39.5. The van der Waals surface area contributed by atoms with E-state index >= 15 is 0 Å². The van der Waals surface area contributed by atoms with Crippen LogP contribution in [0.2, 0.25) is 0 Å². The molecule has 4 nitrogen and oxygen atoms in total. The van der Waals surface area contributed by atoms with Gasteiger partial charge >= 0.3 is 6.18 Å². The number of benzene rings is 1. The second-order valence-electron chi connectivity index (χ2n) is 6.56. The zero-order chi connectivity index (χ0) is 17.2. The van der Waals surface area contributed by atoms with Crippen molar-refractivity contribution < 1.29 is 18.0 Å². The van der Waals surface area contributed by atoms with Gasteiger partial charge in [0.25, 0.3) is 0 Å². The highest BCUT2D eigenvalue weighted by Crippen LogP contribution is 2.34. The van der Waals surface area contributed by atoms with Gasteiger partial charge in [0.1, 0.15) is 6.04 Å². The van der Waals surface area contributed by atoms with Gasteiger partial charge < -0.3 is 10.3 Å². The molecule has 0 saturated carbocycles. The molecule has 2 fully saturated rings. The number of alkyl halides is 3. The van der Waals surface area contributed by atoms with Crippen molar-refractivity contribution in [2.45, 2.75) is 62.8 Å². The molecule has 2 saturated heterocycles. The van der Waals surface area contributed by atoms with Crippen molar-refractivity contribution >= 4 is 11.6 Å². The number of carbonyl (C=O) groups excluding carboxylic acids is 1. The average molecular weight is 341 g/mol. The Balaban J connectivity index is 1.76. The van der Waals surface area contributed by atoms with E-state index in [4.69, 9.17) is 0 Å². The molecule has 0 aliphatic carbocycles. The number of anilines is 1. The Bertz CT molecular complexity index is 564. The molecule has 1 aromatic carbocycles. The molecule has 3 atom stereocenters. The van der Waals surface area contributed by atoms with Crippen LogP contribution in [-0.4, -0.2) is 30.2 Å². The third kappa shape index (κ3) is 4.01. The summed E-state index contributed by atoms with van der Waals surface area (Å²) in [6, 6.07) is 7.12. The molecule has 0 spiro atoms. The van der Waals surface area contributed by atoms with E-state index in [2.05, 4.69) is 10.7 Å². The van der Waals surface area contributed by atoms with Crippen LogP contribution >= 0.6 is 0 Å². The van der Waals surface area contributed by atoms with Crippen LogP contribution in [0.25, 0.3) is 0 Å². The SMILES string of the molecule is O=C1CCCCC(CC2CC(C(F)(F)F)NN2c2ccccc2)N1. The summed E-state index contributed by atoms with van der Waals surface area (Å²) in [5.74, 6) is 0.00193. The molecular formula is C17H22F3N3O. The largest absolute Gasteiger partial charge is 0.405 e. The molecule has 3 unspecified atom stereocenters. The number of nitrogens with one attached hydrogen (secondary N) is 2. The highest BCUT2D eigenvalue weighted by atomic mass is 19.4. The fourth-order valence-electron chi connectivity index (χ4n) is 3.54. The van der Waals surface area contributed by atoms with Crippen LogP contribution in [0.1, 0.15) is 38.5 Å². The van der Waals surface area contributed by atoms with Crippen molar-refractivity contribution in [3.05, 3.63) is 30.3 Å². The Kier molecular flexibility index (Phi) is 4.99. The molecule has 0 bridgehead atoms. The summed E-state index contributed by atoms with van der Waals surface area (Å²) in [5, 5.41) is 4.58. The van der Waals surface area contributed by atoms with Gasteiger partial charge in [-0.05, 0) is 37.8 Å². The minimum absolute atomic E-state index is 0.00193. The van der Waals surface area contributed by atoms with E-state index in [1.165, 1.54) is 0 Å². The second kappa shape index (κ2) is 7.01. The summed E-state index contributed by atoms with van der Waals surface area (Å²) in [6.07, 6.45) is -0.676. The van der Waals surface area contributed by atoms with E-state index in [0.717, 1.165) is 19.3 Å². The Labute approximate surface area is 139 Å². The van der Waals surface area contributed by atoms with E-state index in [1.54, 1.807) is 17.1 Å². The Hall–Kier alpha value is -1.76. The fraction of sp³-hybridized carbons (Fsp3) is 0.588. The maximum atomic E-state index is 13.2. The van der Waals surface area contributed by atoms with Gasteiger partial charge in [-0.3, -0.25) is 4.79 Å². The fourth-order valence-corrected chi connectivity index (χ4v) is 3.54. The van der Waals surface area contributed by atoms with Crippen molar-refractivity contribution in [3.63, 3.8) is 0 Å². The average Bonchev–Trinajstić information content (AvgIpc) is 2.85. The normalized spacial score (nSPS) is 28.5. The molecule has 2 aliphatic heterocycles. The third-order valence-electron chi connectivity index (χ3n) is 4.73. The van der Waals surface area contributed by atoms with Gasteiger partial charge in [-0.1, -0.05) is 24.6 Å². The molecule has 0 radical (unpaired) electrons. The summed E-state index contributed by atoms with van der Waals surface area (Å²) in [4.78, 5) is 11.7. The van der Waals surface area contributed by atoms with Crippen molar-refractivity contribution in [3.8, 4) is 0 Å². The highest BCUT2D eigenvalue weighted by Gasteiger charge is 2.48. The van der Waals surface area contributed by atoms with E-state index < -0.39 is 12.2 Å². The van der Waals surface area contributed by atoms with Crippen LogP contribution in [0.15, 0.2) is 30.3 Å². The first-order valence-electron chi connectivity index (χ1n) is 8.40. The predicted molar refractivity (Wildman–Crippen MR) is 85.3 cm³/mol. The lowest BCUT2D eigenvalue weighted by Gasteiger charge is -2.29. The van der Waals surface area contributed by atoms with E-state index in [9.17, 15) is 18.0 Å². The number of hydrogen-bond acceptors (Lipinski definition) is 3. The molecule has 2 N–H and O–H groups in total. The predicted octanol–water partition coefficient (Wildman–Crippen LogP) is 3.15. The summed E-state index contributed by atoms with van der Waals surface area (Å²) in [7, 11) is 0. The topological polar surface area (TPSA) is 44.4 Å². The van der Waals surface area contributed by atoms with Gasteiger partial charge in [0, 0.05) is 18.5 Å². The van der Waals surface area contributed by atoms with Gasteiger partial charge in [-0.15, -0.1) is 0 Å². The zero-order valence-corrected chi connectivity index (χ0v) is 13.4. The maximum absolute atomic E-state index is 13.2. The lowest BCUT2D eigenvalue weighted by molar-refractivity contribution is -0.152. The van der Waals surface area contributed by atoms with Gasteiger partial charge in [0.15, 0.2) is 0 Å². The summed E-state index contributed by atoms with van der Waals surface area (Å²) in [5.41, 5.74) is 3.33. The van der Waals surface area contributed by atoms with Crippen LogP contribution in [0.5, 0.6) is 0 Å². The molecule has 132 valence electrons. The van der Waals surface area contributed by atoms with Gasteiger partial charge in [-0.25, -0.2) is 5.43 Å². The molecule has 2 aliphatic rings. The third-order valence-corrected chi connectivity index (χ3v) is 4.73. The highest BCUT2D eigenvalue weighted by molar-refractivity contribution is 5.76. The monoisotopic (exact) mass is 341 g/mol. The number of carbonyl (C=O) groups is 1. The zero-order valence-electron chi connectivity index (χ0n) is 13.4. The molecule has 7 heteroatoms. The first kappa shape index (κ1) is 17.1. The maximum Gasteiger partial charge on any atom is 0.405 e.